The number of amides is 2. The molecule has 1 N–H and O–H groups in total. The van der Waals surface area contributed by atoms with Crippen LogP contribution in [-0.4, -0.2) is 18.4 Å². The van der Waals surface area contributed by atoms with Crippen LogP contribution in [0.1, 0.15) is 6.92 Å². The van der Waals surface area contributed by atoms with Gasteiger partial charge >= 0.3 is 0 Å². The van der Waals surface area contributed by atoms with E-state index >= 15 is 0 Å². The molecule has 9 heteroatoms. The molecule has 0 aliphatic carbocycles. The van der Waals surface area contributed by atoms with Crippen molar-refractivity contribution < 1.29 is 22.8 Å². The van der Waals surface area contributed by atoms with Gasteiger partial charge in [0.2, 0.25) is 11.8 Å². The van der Waals surface area contributed by atoms with Gasteiger partial charge in [0.25, 0.3) is 0 Å². The average Bonchev–Trinajstić information content (AvgIpc) is 2.56. The van der Waals surface area contributed by atoms with Crippen LogP contribution in [0.4, 0.5) is 24.5 Å². The molecule has 0 radical (unpaired) electrons. The molecule has 0 aromatic heterocycles. The van der Waals surface area contributed by atoms with Gasteiger partial charge < -0.3 is 10.2 Å². The van der Waals surface area contributed by atoms with Crippen molar-refractivity contribution in [2.45, 2.75) is 6.92 Å². The lowest BCUT2D eigenvalue weighted by atomic mass is 10.2. The van der Waals surface area contributed by atoms with Gasteiger partial charge in [0.1, 0.15) is 6.54 Å². The Morgan fingerprint density at radius 1 is 1.08 bits per heavy atom. The van der Waals surface area contributed by atoms with Crippen LogP contribution in [0.25, 0.3) is 0 Å². The van der Waals surface area contributed by atoms with Crippen molar-refractivity contribution in [3.8, 4) is 0 Å². The first-order valence-corrected chi connectivity index (χ1v) is 7.63. The second-order valence-corrected chi connectivity index (χ2v) is 5.73. The summed E-state index contributed by atoms with van der Waals surface area (Å²) in [6, 6.07) is 6.05. The van der Waals surface area contributed by atoms with Crippen molar-refractivity contribution in [1.82, 2.24) is 0 Å². The van der Waals surface area contributed by atoms with E-state index in [0.29, 0.717) is 6.07 Å². The molecule has 0 aliphatic rings. The lowest BCUT2D eigenvalue weighted by Crippen LogP contribution is -2.37. The molecule has 0 atom stereocenters. The number of carbonyl (C=O) groups is 2. The molecule has 0 bridgehead atoms. The number of hydrogen-bond donors (Lipinski definition) is 1. The fraction of sp³-hybridized carbons (Fsp3) is 0.125. The third-order valence-corrected chi connectivity index (χ3v) is 4.02. The third kappa shape index (κ3) is 4.24. The fourth-order valence-corrected chi connectivity index (χ4v) is 2.42. The molecule has 0 spiro atoms. The molecular weight excluding hydrogens is 380 g/mol. The smallest absolute Gasteiger partial charge is 0.244 e. The Hall–Kier alpha value is -2.25. The number of anilines is 2. The minimum Gasteiger partial charge on any atom is -0.322 e. The quantitative estimate of drug-likeness (QED) is 0.786. The number of carbonyl (C=O) groups excluding carboxylic acids is 2. The van der Waals surface area contributed by atoms with Crippen molar-refractivity contribution in [1.29, 1.82) is 0 Å². The first kappa shape index (κ1) is 19.1. The van der Waals surface area contributed by atoms with Gasteiger partial charge in [0.05, 0.1) is 21.4 Å². The van der Waals surface area contributed by atoms with E-state index in [4.69, 9.17) is 23.2 Å². The summed E-state index contributed by atoms with van der Waals surface area (Å²) >= 11 is 11.9. The van der Waals surface area contributed by atoms with Crippen molar-refractivity contribution in [2.24, 2.45) is 0 Å². The lowest BCUT2D eigenvalue weighted by molar-refractivity contribution is -0.120. The van der Waals surface area contributed by atoms with Gasteiger partial charge in [-0.25, -0.2) is 13.2 Å². The number of benzene rings is 2. The molecule has 0 saturated heterocycles. The first-order chi connectivity index (χ1) is 11.7. The van der Waals surface area contributed by atoms with Crippen molar-refractivity contribution in [2.75, 3.05) is 16.8 Å². The second-order valence-electron chi connectivity index (χ2n) is 4.95. The maximum Gasteiger partial charge on any atom is 0.244 e. The summed E-state index contributed by atoms with van der Waals surface area (Å²) in [6.45, 7) is 0.663. The number of rotatable bonds is 4. The van der Waals surface area contributed by atoms with Crippen LogP contribution in [0.5, 0.6) is 0 Å². The van der Waals surface area contributed by atoms with Gasteiger partial charge in [-0.3, -0.25) is 9.59 Å². The maximum atomic E-state index is 13.6. The second kappa shape index (κ2) is 7.76. The Morgan fingerprint density at radius 3 is 2.40 bits per heavy atom. The first-order valence-electron chi connectivity index (χ1n) is 6.87. The van der Waals surface area contributed by atoms with Gasteiger partial charge in [0.15, 0.2) is 17.5 Å². The Morgan fingerprint density at radius 2 is 1.76 bits per heavy atom. The van der Waals surface area contributed by atoms with Crippen LogP contribution >= 0.6 is 23.2 Å². The minimum absolute atomic E-state index is 0.0613. The molecule has 2 rings (SSSR count). The van der Waals surface area contributed by atoms with Crippen molar-refractivity contribution in [3.05, 3.63) is 57.8 Å². The van der Waals surface area contributed by atoms with E-state index in [1.807, 2.05) is 0 Å². The predicted molar refractivity (Wildman–Crippen MR) is 89.4 cm³/mol. The van der Waals surface area contributed by atoms with E-state index in [1.165, 1.54) is 25.1 Å². The van der Waals surface area contributed by atoms with Gasteiger partial charge in [-0.05, 0) is 24.3 Å². The Kier molecular flexibility index (Phi) is 5.92. The third-order valence-electron chi connectivity index (χ3n) is 3.21. The molecule has 2 amide bonds. The molecule has 0 saturated carbocycles. The molecule has 0 aliphatic heterocycles. The van der Waals surface area contributed by atoms with Gasteiger partial charge in [0, 0.05) is 6.92 Å². The Bertz CT molecular complexity index is 846. The molecular formula is C16H11Cl2F3N2O2. The highest BCUT2D eigenvalue weighted by atomic mass is 35.5. The van der Waals surface area contributed by atoms with Crippen LogP contribution in [0.3, 0.4) is 0 Å². The monoisotopic (exact) mass is 390 g/mol. The molecule has 25 heavy (non-hydrogen) atoms. The highest BCUT2D eigenvalue weighted by molar-refractivity contribution is 6.44. The average molecular weight is 391 g/mol. The van der Waals surface area contributed by atoms with Gasteiger partial charge in [-0.2, -0.15) is 0 Å². The fourth-order valence-electron chi connectivity index (χ4n) is 2.02. The zero-order valence-corrected chi connectivity index (χ0v) is 14.3. The van der Waals surface area contributed by atoms with Crippen molar-refractivity contribution in [3.63, 3.8) is 0 Å². The summed E-state index contributed by atoms with van der Waals surface area (Å²) in [5.41, 5.74) is -0.368. The van der Waals surface area contributed by atoms with Crippen LogP contribution in [0.15, 0.2) is 30.3 Å². The van der Waals surface area contributed by atoms with Gasteiger partial charge in [-0.15, -0.1) is 0 Å². The Labute approximate surface area is 151 Å². The summed E-state index contributed by atoms with van der Waals surface area (Å²) < 4.78 is 39.7. The minimum atomic E-state index is -1.71. The zero-order valence-electron chi connectivity index (χ0n) is 12.7. The molecule has 2 aromatic carbocycles. The van der Waals surface area contributed by atoms with Crippen LogP contribution < -0.4 is 10.2 Å². The number of halogens is 5. The topological polar surface area (TPSA) is 49.4 Å². The summed E-state index contributed by atoms with van der Waals surface area (Å²) in [5.74, 6) is -5.99. The molecule has 2 aromatic rings. The highest BCUT2D eigenvalue weighted by Crippen LogP contribution is 2.32. The SMILES string of the molecule is CC(=O)N(CC(=O)Nc1ccc(F)c(F)c1F)c1cccc(Cl)c1Cl. The maximum absolute atomic E-state index is 13.6. The van der Waals surface area contributed by atoms with Crippen molar-refractivity contribution >= 4 is 46.4 Å². The van der Waals surface area contributed by atoms with E-state index in [1.54, 1.807) is 0 Å². The van der Waals surface area contributed by atoms with E-state index in [-0.39, 0.29) is 15.7 Å². The molecule has 0 heterocycles. The molecule has 132 valence electrons. The van der Waals surface area contributed by atoms with E-state index in [2.05, 4.69) is 5.32 Å². The van der Waals surface area contributed by atoms with Gasteiger partial charge in [-0.1, -0.05) is 29.3 Å². The predicted octanol–water partition coefficient (Wildman–Crippen LogP) is 4.40. The molecule has 4 nitrogen and oxygen atoms in total. The molecule has 0 fully saturated rings. The van der Waals surface area contributed by atoms with Crippen LogP contribution in [0, 0.1) is 17.5 Å². The standard InChI is InChI=1S/C16H11Cl2F3N2O2/c1-8(24)23(12-4-2-3-9(17)14(12)18)7-13(25)22-11-6-5-10(19)15(20)16(11)21/h2-6H,7H2,1H3,(H,22,25). The number of nitrogens with zero attached hydrogens (tertiary/aromatic N) is 1. The summed E-state index contributed by atoms with van der Waals surface area (Å²) in [4.78, 5) is 24.9. The van der Waals surface area contributed by atoms with Crippen LogP contribution in [0.2, 0.25) is 10.0 Å². The zero-order chi connectivity index (χ0) is 18.7. The number of nitrogens with one attached hydrogen (secondary N) is 1. The Balaban J connectivity index is 2.23. The van der Waals surface area contributed by atoms with Crippen LogP contribution in [-0.2, 0) is 9.59 Å². The lowest BCUT2D eigenvalue weighted by Gasteiger charge is -2.22. The largest absolute Gasteiger partial charge is 0.322 e. The summed E-state index contributed by atoms with van der Waals surface area (Å²) in [5, 5.41) is 2.32. The van der Waals surface area contributed by atoms with E-state index in [9.17, 15) is 22.8 Å². The normalized spacial score (nSPS) is 10.5. The summed E-state index contributed by atoms with van der Waals surface area (Å²) in [6.07, 6.45) is 0. The highest BCUT2D eigenvalue weighted by Gasteiger charge is 2.21. The van der Waals surface area contributed by atoms with E-state index < -0.39 is 41.5 Å². The van der Waals surface area contributed by atoms with E-state index in [0.717, 1.165) is 11.0 Å². The summed E-state index contributed by atoms with van der Waals surface area (Å²) in [7, 11) is 0. The number of hydrogen-bond acceptors (Lipinski definition) is 2. The molecule has 0 unspecified atom stereocenters.